The molecule has 0 saturated carbocycles. The van der Waals surface area contributed by atoms with Crippen LogP contribution in [0.5, 0.6) is 0 Å². The molecule has 48 valence electrons. The number of hydrogen-bond acceptors (Lipinski definition) is 4. The van der Waals surface area contributed by atoms with E-state index in [2.05, 4.69) is 20.9 Å². The third-order valence-corrected chi connectivity index (χ3v) is 1.38. The van der Waals surface area contributed by atoms with Crippen molar-refractivity contribution in [1.29, 1.82) is 0 Å². The van der Waals surface area contributed by atoms with E-state index in [1.807, 2.05) is 6.21 Å². The van der Waals surface area contributed by atoms with Gasteiger partial charge in [0.2, 0.25) is 0 Å². The molecule has 0 aliphatic carbocycles. The lowest BCUT2D eigenvalue weighted by Crippen LogP contribution is -2.25. The molecular formula is C5H8N4. The predicted molar refractivity (Wildman–Crippen MR) is 34.7 cm³/mol. The second kappa shape index (κ2) is 1.65. The van der Waals surface area contributed by atoms with Gasteiger partial charge in [-0.1, -0.05) is 0 Å². The van der Waals surface area contributed by atoms with Gasteiger partial charge < -0.3 is 16.0 Å². The lowest BCUT2D eigenvalue weighted by atomic mass is 10.4. The second-order valence-corrected chi connectivity index (χ2v) is 1.97. The van der Waals surface area contributed by atoms with Crippen LogP contribution in [0, 0.1) is 0 Å². The van der Waals surface area contributed by atoms with Crippen molar-refractivity contribution in [2.75, 3.05) is 13.3 Å². The highest BCUT2D eigenvalue weighted by atomic mass is 15.3. The van der Waals surface area contributed by atoms with Gasteiger partial charge in [0.05, 0.1) is 18.6 Å². The maximum atomic E-state index is 4.02. The molecule has 9 heavy (non-hydrogen) atoms. The first-order chi connectivity index (χ1) is 4.47. The smallest absolute Gasteiger partial charge is 0.127 e. The molecule has 0 radical (unpaired) electrons. The molecule has 0 saturated heterocycles. The minimum atomic E-state index is 0.688. The van der Waals surface area contributed by atoms with E-state index >= 15 is 0 Å². The summed E-state index contributed by atoms with van der Waals surface area (Å²) in [6.45, 7) is 1.50. The lowest BCUT2D eigenvalue weighted by Gasteiger charge is -2.08. The Morgan fingerprint density at radius 2 is 2.33 bits per heavy atom. The van der Waals surface area contributed by atoms with Crippen LogP contribution in [0.15, 0.2) is 16.5 Å². The molecule has 0 aromatic heterocycles. The maximum Gasteiger partial charge on any atom is 0.127 e. The highest BCUT2D eigenvalue weighted by molar-refractivity contribution is 5.80. The van der Waals surface area contributed by atoms with Gasteiger partial charge in [-0.25, -0.2) is 0 Å². The molecule has 2 aliphatic rings. The van der Waals surface area contributed by atoms with Crippen LogP contribution in [0.3, 0.4) is 0 Å². The molecule has 0 unspecified atom stereocenters. The Morgan fingerprint density at radius 1 is 1.33 bits per heavy atom. The van der Waals surface area contributed by atoms with Crippen LogP contribution >= 0.6 is 0 Å². The molecule has 3 N–H and O–H groups in total. The zero-order valence-corrected chi connectivity index (χ0v) is 4.94. The van der Waals surface area contributed by atoms with Gasteiger partial charge >= 0.3 is 0 Å². The Bertz CT molecular complexity index is 181. The first kappa shape index (κ1) is 4.67. The minimum absolute atomic E-state index is 0.688. The largest absolute Gasteiger partial charge is 0.364 e. The summed E-state index contributed by atoms with van der Waals surface area (Å²) < 4.78 is 0. The molecule has 0 aromatic carbocycles. The summed E-state index contributed by atoms with van der Waals surface area (Å²) in [5, 5.41) is 9.33. The van der Waals surface area contributed by atoms with Crippen molar-refractivity contribution in [2.45, 2.75) is 0 Å². The summed E-state index contributed by atoms with van der Waals surface area (Å²) in [6.07, 6.45) is 1.84. The maximum absolute atomic E-state index is 4.02. The molecule has 2 rings (SSSR count). The zero-order chi connectivity index (χ0) is 6.10. The van der Waals surface area contributed by atoms with Crippen molar-refractivity contribution in [3.8, 4) is 0 Å². The number of allylic oxidation sites excluding steroid dienone is 1. The summed E-state index contributed by atoms with van der Waals surface area (Å²) in [7, 11) is 0. The van der Waals surface area contributed by atoms with E-state index in [1.54, 1.807) is 0 Å². The Hall–Kier alpha value is -1.19. The Balaban J connectivity index is 2.28. The monoisotopic (exact) mass is 124 g/mol. The third kappa shape index (κ3) is 0.630. The fourth-order valence-corrected chi connectivity index (χ4v) is 0.941. The SMILES string of the molecule is C1=NCNC2=C1NCN2. The van der Waals surface area contributed by atoms with Gasteiger partial charge in [-0.3, -0.25) is 4.99 Å². The first-order valence-electron chi connectivity index (χ1n) is 2.92. The minimum Gasteiger partial charge on any atom is -0.364 e. The van der Waals surface area contributed by atoms with Crippen molar-refractivity contribution in [1.82, 2.24) is 16.0 Å². The van der Waals surface area contributed by atoms with Crippen molar-refractivity contribution >= 4 is 6.21 Å². The second-order valence-electron chi connectivity index (χ2n) is 1.97. The predicted octanol–water partition coefficient (Wildman–Crippen LogP) is -1.06. The molecule has 4 heteroatoms. The highest BCUT2D eigenvalue weighted by Gasteiger charge is 2.11. The van der Waals surface area contributed by atoms with Crippen LogP contribution in [0.4, 0.5) is 0 Å². The average molecular weight is 124 g/mol. The van der Waals surface area contributed by atoms with E-state index in [0.717, 1.165) is 18.2 Å². The van der Waals surface area contributed by atoms with E-state index < -0.39 is 0 Å². The van der Waals surface area contributed by atoms with Crippen LogP contribution in [0.25, 0.3) is 0 Å². The van der Waals surface area contributed by atoms with E-state index in [0.29, 0.717) is 6.67 Å². The van der Waals surface area contributed by atoms with E-state index in [4.69, 9.17) is 0 Å². The summed E-state index contributed by atoms with van der Waals surface area (Å²) in [5.41, 5.74) is 1.07. The van der Waals surface area contributed by atoms with E-state index in [1.165, 1.54) is 0 Å². The fourth-order valence-electron chi connectivity index (χ4n) is 0.941. The molecule has 4 nitrogen and oxygen atoms in total. The van der Waals surface area contributed by atoms with Gasteiger partial charge in [0.25, 0.3) is 0 Å². The Labute approximate surface area is 53.0 Å². The van der Waals surface area contributed by atoms with Crippen molar-refractivity contribution < 1.29 is 0 Å². The van der Waals surface area contributed by atoms with Crippen LogP contribution in [-0.2, 0) is 0 Å². The molecule has 0 fully saturated rings. The molecule has 0 spiro atoms. The summed E-state index contributed by atoms with van der Waals surface area (Å²) in [6, 6.07) is 0. The van der Waals surface area contributed by atoms with E-state index in [9.17, 15) is 0 Å². The van der Waals surface area contributed by atoms with Gasteiger partial charge in [-0.15, -0.1) is 0 Å². The molecule has 0 atom stereocenters. The van der Waals surface area contributed by atoms with Crippen LogP contribution in [-0.4, -0.2) is 19.6 Å². The number of rotatable bonds is 0. The number of hydrogen-bond donors (Lipinski definition) is 3. The normalized spacial score (nSPS) is 22.2. The molecule has 2 heterocycles. The quantitative estimate of drug-likeness (QED) is 0.385. The van der Waals surface area contributed by atoms with Crippen LogP contribution in [0.2, 0.25) is 0 Å². The lowest BCUT2D eigenvalue weighted by molar-refractivity contribution is 0.725. The van der Waals surface area contributed by atoms with Crippen LogP contribution < -0.4 is 16.0 Å². The van der Waals surface area contributed by atoms with Gasteiger partial charge in [-0.05, 0) is 0 Å². The topological polar surface area (TPSA) is 48.5 Å². The molecule has 0 amide bonds. The van der Waals surface area contributed by atoms with Crippen LogP contribution in [0.1, 0.15) is 0 Å². The van der Waals surface area contributed by atoms with Gasteiger partial charge in [0.15, 0.2) is 0 Å². The first-order valence-corrected chi connectivity index (χ1v) is 2.92. The Kier molecular flexibility index (Phi) is 0.855. The molecule has 0 bridgehead atoms. The number of aliphatic imine (C=N–C) groups is 1. The van der Waals surface area contributed by atoms with Gasteiger partial charge in [0, 0.05) is 0 Å². The average Bonchev–Trinajstić information content (AvgIpc) is 2.33. The van der Waals surface area contributed by atoms with E-state index in [-0.39, 0.29) is 0 Å². The number of nitrogens with one attached hydrogen (secondary N) is 3. The molecule has 0 aromatic rings. The molecule has 2 aliphatic heterocycles. The third-order valence-electron chi connectivity index (χ3n) is 1.38. The van der Waals surface area contributed by atoms with Crippen molar-refractivity contribution in [3.63, 3.8) is 0 Å². The van der Waals surface area contributed by atoms with Crippen molar-refractivity contribution in [3.05, 3.63) is 11.5 Å². The number of nitrogens with zero attached hydrogens (tertiary/aromatic N) is 1. The summed E-state index contributed by atoms with van der Waals surface area (Å²) in [5.74, 6) is 1.07. The van der Waals surface area contributed by atoms with Crippen molar-refractivity contribution in [2.24, 2.45) is 4.99 Å². The van der Waals surface area contributed by atoms with Gasteiger partial charge in [0.1, 0.15) is 12.5 Å². The fraction of sp³-hybridized carbons (Fsp3) is 0.400. The Morgan fingerprint density at radius 3 is 3.22 bits per heavy atom. The standard InChI is InChI=1S/C5H8N4/c1-4-5(8-2-6-1)9-3-7-4/h1,7-9H,2-3H2. The summed E-state index contributed by atoms with van der Waals surface area (Å²) in [4.78, 5) is 4.02. The zero-order valence-electron chi connectivity index (χ0n) is 4.94. The van der Waals surface area contributed by atoms with Gasteiger partial charge in [-0.2, -0.15) is 0 Å². The summed E-state index contributed by atoms with van der Waals surface area (Å²) >= 11 is 0. The highest BCUT2D eigenvalue weighted by Crippen LogP contribution is 2.00. The molecular weight excluding hydrogens is 116 g/mol.